The Bertz CT molecular complexity index is 879. The molecule has 0 aliphatic carbocycles. The highest BCUT2D eigenvalue weighted by Crippen LogP contribution is 2.30. The van der Waals surface area contributed by atoms with Gasteiger partial charge in [0.05, 0.1) is 11.6 Å². The molecule has 2 rings (SSSR count). The molecule has 0 saturated heterocycles. The van der Waals surface area contributed by atoms with Gasteiger partial charge in [0.15, 0.2) is 0 Å². The summed E-state index contributed by atoms with van der Waals surface area (Å²) in [6.45, 7) is 6.74. The summed E-state index contributed by atoms with van der Waals surface area (Å²) in [6.07, 6.45) is -4.45. The van der Waals surface area contributed by atoms with Gasteiger partial charge >= 0.3 is 6.18 Å². The van der Waals surface area contributed by atoms with E-state index in [1.807, 2.05) is 0 Å². The van der Waals surface area contributed by atoms with Crippen molar-refractivity contribution in [2.24, 2.45) is 5.92 Å². The van der Waals surface area contributed by atoms with Gasteiger partial charge in [-0.05, 0) is 43.7 Å². The number of pyridine rings is 1. The van der Waals surface area contributed by atoms with Crippen LogP contribution >= 0.6 is 0 Å². The number of carbonyl (C=O) groups excluding carboxylic acids is 2. The van der Waals surface area contributed by atoms with Crippen LogP contribution in [0.3, 0.4) is 0 Å². The molecule has 1 unspecified atom stereocenters. The first-order valence-electron chi connectivity index (χ1n) is 8.75. The third kappa shape index (κ3) is 5.55. The van der Waals surface area contributed by atoms with Gasteiger partial charge in [-0.3, -0.25) is 9.59 Å². The van der Waals surface area contributed by atoms with Gasteiger partial charge in [-0.25, -0.2) is 4.98 Å². The second-order valence-electron chi connectivity index (χ2n) is 6.84. The van der Waals surface area contributed by atoms with Crippen LogP contribution < -0.4 is 10.6 Å². The molecule has 5 nitrogen and oxygen atoms in total. The number of hydrogen-bond acceptors (Lipinski definition) is 3. The van der Waals surface area contributed by atoms with Gasteiger partial charge in [0.2, 0.25) is 5.91 Å². The lowest BCUT2D eigenvalue weighted by molar-refractivity contribution is -0.137. The number of carbonyl (C=O) groups is 2. The fourth-order valence-corrected chi connectivity index (χ4v) is 2.48. The number of amides is 2. The summed E-state index contributed by atoms with van der Waals surface area (Å²) in [5, 5.41) is 5.31. The Morgan fingerprint density at radius 1 is 1.07 bits per heavy atom. The second-order valence-corrected chi connectivity index (χ2v) is 6.84. The molecular weight excluding hydrogens is 371 g/mol. The third-order valence-corrected chi connectivity index (χ3v) is 4.05. The van der Waals surface area contributed by atoms with Crippen LogP contribution in [0.1, 0.15) is 54.0 Å². The predicted molar refractivity (Wildman–Crippen MR) is 99.8 cm³/mol. The molecule has 1 heterocycles. The smallest absolute Gasteiger partial charge is 0.346 e. The van der Waals surface area contributed by atoms with Gasteiger partial charge in [-0.15, -0.1) is 0 Å². The highest BCUT2D eigenvalue weighted by atomic mass is 19.4. The molecule has 2 N–H and O–H groups in total. The van der Waals surface area contributed by atoms with Crippen LogP contribution in [0.2, 0.25) is 0 Å². The largest absolute Gasteiger partial charge is 0.416 e. The monoisotopic (exact) mass is 393 g/mol. The highest BCUT2D eigenvalue weighted by Gasteiger charge is 2.30. The molecule has 0 spiro atoms. The summed E-state index contributed by atoms with van der Waals surface area (Å²) in [6, 6.07) is 7.14. The minimum Gasteiger partial charge on any atom is -0.346 e. The number of nitrogens with zero attached hydrogens (tertiary/aromatic N) is 1. The summed E-state index contributed by atoms with van der Waals surface area (Å²) in [4.78, 5) is 28.6. The van der Waals surface area contributed by atoms with E-state index in [1.165, 1.54) is 18.2 Å². The van der Waals surface area contributed by atoms with Crippen molar-refractivity contribution in [1.29, 1.82) is 0 Å². The van der Waals surface area contributed by atoms with Crippen molar-refractivity contribution < 1.29 is 22.8 Å². The number of halogens is 3. The second kappa shape index (κ2) is 8.41. The van der Waals surface area contributed by atoms with Gasteiger partial charge in [0.1, 0.15) is 5.82 Å². The zero-order chi connectivity index (χ0) is 21.1. The van der Waals surface area contributed by atoms with Crippen LogP contribution in [0.4, 0.5) is 19.0 Å². The zero-order valence-corrected chi connectivity index (χ0v) is 16.0. The molecule has 0 bridgehead atoms. The summed E-state index contributed by atoms with van der Waals surface area (Å²) in [5.74, 6) is -0.714. The maximum atomic E-state index is 12.9. The van der Waals surface area contributed by atoms with Crippen LogP contribution in [-0.2, 0) is 11.0 Å². The third-order valence-electron chi connectivity index (χ3n) is 4.05. The van der Waals surface area contributed by atoms with Crippen molar-refractivity contribution in [1.82, 2.24) is 10.3 Å². The van der Waals surface area contributed by atoms with E-state index < -0.39 is 23.7 Å². The van der Waals surface area contributed by atoms with Crippen LogP contribution in [0.25, 0.3) is 0 Å². The average Bonchev–Trinajstić information content (AvgIpc) is 2.60. The molecule has 1 aromatic heterocycles. The van der Waals surface area contributed by atoms with Crippen molar-refractivity contribution in [2.75, 3.05) is 5.32 Å². The Balaban J connectivity index is 2.18. The van der Waals surface area contributed by atoms with E-state index in [2.05, 4.69) is 15.6 Å². The first-order valence-corrected chi connectivity index (χ1v) is 8.75. The maximum absolute atomic E-state index is 12.9. The lowest BCUT2D eigenvalue weighted by atomic mass is 10.0. The van der Waals surface area contributed by atoms with Crippen LogP contribution in [0.15, 0.2) is 36.4 Å². The highest BCUT2D eigenvalue weighted by molar-refractivity contribution is 5.97. The molecule has 8 heteroatoms. The van der Waals surface area contributed by atoms with Gasteiger partial charge in [-0.2, -0.15) is 13.2 Å². The van der Waals surface area contributed by atoms with E-state index in [0.717, 1.165) is 12.1 Å². The Morgan fingerprint density at radius 2 is 1.75 bits per heavy atom. The number of anilines is 1. The molecule has 1 atom stereocenters. The maximum Gasteiger partial charge on any atom is 0.416 e. The van der Waals surface area contributed by atoms with Crippen LogP contribution in [0, 0.1) is 12.8 Å². The van der Waals surface area contributed by atoms with E-state index in [4.69, 9.17) is 0 Å². The van der Waals surface area contributed by atoms with E-state index in [1.54, 1.807) is 33.8 Å². The first-order chi connectivity index (χ1) is 13.0. The van der Waals surface area contributed by atoms with Crippen molar-refractivity contribution in [3.63, 3.8) is 0 Å². The predicted octanol–water partition coefficient (Wildman–Crippen LogP) is 4.49. The lowest BCUT2D eigenvalue weighted by Crippen LogP contribution is -2.27. The Kier molecular flexibility index (Phi) is 6.43. The van der Waals surface area contributed by atoms with E-state index in [9.17, 15) is 22.8 Å². The normalized spacial score (nSPS) is 12.6. The molecule has 28 heavy (non-hydrogen) atoms. The minimum absolute atomic E-state index is 0.234. The Morgan fingerprint density at radius 3 is 2.36 bits per heavy atom. The van der Waals surface area contributed by atoms with E-state index in [0.29, 0.717) is 11.3 Å². The topological polar surface area (TPSA) is 71.1 Å². The molecule has 0 aliphatic heterocycles. The average molecular weight is 393 g/mol. The Labute approximate surface area is 161 Å². The molecular formula is C20H22F3N3O2. The quantitative estimate of drug-likeness (QED) is 0.786. The molecule has 2 aromatic rings. The summed E-state index contributed by atoms with van der Waals surface area (Å²) >= 11 is 0. The molecule has 2 amide bonds. The number of rotatable bonds is 5. The molecule has 150 valence electrons. The molecule has 0 aliphatic rings. The fourth-order valence-electron chi connectivity index (χ4n) is 2.48. The van der Waals surface area contributed by atoms with Crippen molar-refractivity contribution in [2.45, 2.75) is 39.9 Å². The minimum atomic E-state index is -4.45. The van der Waals surface area contributed by atoms with Crippen molar-refractivity contribution in [3.05, 3.63) is 58.8 Å². The standard InChI is InChI=1S/C20H22F3N3O2/c1-11(2)18(27)26-17-10-15(8-12(3)24-17)19(28)25-13(4)14-6-5-7-16(9-14)20(21,22)23/h5-11,13H,1-4H3,(H,25,28)(H,24,26,27). The summed E-state index contributed by atoms with van der Waals surface area (Å²) in [5.41, 5.74) is 0.343. The number of hydrogen-bond donors (Lipinski definition) is 2. The number of aromatic nitrogens is 1. The SMILES string of the molecule is Cc1cc(C(=O)NC(C)c2cccc(C(F)(F)F)c2)cc(NC(=O)C(C)C)n1. The summed E-state index contributed by atoms with van der Waals surface area (Å²) < 4.78 is 38.6. The van der Waals surface area contributed by atoms with Gasteiger partial charge in [-0.1, -0.05) is 26.0 Å². The lowest BCUT2D eigenvalue weighted by Gasteiger charge is -2.17. The molecule has 0 saturated carbocycles. The van der Waals surface area contributed by atoms with E-state index in [-0.39, 0.29) is 23.2 Å². The number of alkyl halides is 3. The fraction of sp³-hybridized carbons (Fsp3) is 0.350. The van der Waals surface area contributed by atoms with Crippen LogP contribution in [-0.4, -0.2) is 16.8 Å². The first kappa shape index (κ1) is 21.4. The van der Waals surface area contributed by atoms with Crippen LogP contribution in [0.5, 0.6) is 0 Å². The molecule has 0 fully saturated rings. The summed E-state index contributed by atoms with van der Waals surface area (Å²) in [7, 11) is 0. The van der Waals surface area contributed by atoms with Gasteiger partial charge in [0, 0.05) is 17.2 Å². The molecule has 0 radical (unpaired) electrons. The van der Waals surface area contributed by atoms with E-state index >= 15 is 0 Å². The van der Waals surface area contributed by atoms with Crippen molar-refractivity contribution in [3.8, 4) is 0 Å². The molecule has 1 aromatic carbocycles. The van der Waals surface area contributed by atoms with Gasteiger partial charge in [0.25, 0.3) is 5.91 Å². The van der Waals surface area contributed by atoms with Gasteiger partial charge < -0.3 is 10.6 Å². The number of aryl methyl sites for hydroxylation is 1. The Hall–Kier alpha value is -2.90. The number of benzene rings is 1. The zero-order valence-electron chi connectivity index (χ0n) is 16.0. The number of nitrogens with one attached hydrogen (secondary N) is 2. The van der Waals surface area contributed by atoms with Crippen molar-refractivity contribution >= 4 is 17.6 Å².